The Morgan fingerprint density at radius 1 is 0.435 bits per heavy atom. The Hall–Kier alpha value is -8.15. The number of fused-ring (bicyclic) bond motifs is 7. The van der Waals surface area contributed by atoms with E-state index in [2.05, 4.69) is 185 Å². The molecule has 0 N–H and O–H groups in total. The lowest BCUT2D eigenvalue weighted by Gasteiger charge is -2.34. The molecule has 0 aliphatic heterocycles. The van der Waals surface area contributed by atoms with Crippen LogP contribution < -0.4 is 4.90 Å². The Morgan fingerprint density at radius 2 is 1.06 bits per heavy atom. The number of para-hydroxylation sites is 1. The molecule has 9 aromatic carbocycles. The van der Waals surface area contributed by atoms with Crippen molar-refractivity contribution >= 4 is 49.6 Å². The van der Waals surface area contributed by atoms with Crippen LogP contribution in [-0.4, -0.2) is 14.5 Å². The second kappa shape index (κ2) is 14.3. The predicted molar refractivity (Wildman–Crippen MR) is 251 cm³/mol. The molecule has 0 unspecified atom stereocenters. The van der Waals surface area contributed by atoms with Crippen molar-refractivity contribution in [3.05, 3.63) is 253 Å². The first kappa shape index (κ1) is 35.8. The maximum Gasteiger partial charge on any atom is 0.159 e. The summed E-state index contributed by atoms with van der Waals surface area (Å²) in [5.74, 6) is 0.334. The zero-order valence-electron chi connectivity index (χ0n) is 33.5. The van der Waals surface area contributed by atoms with E-state index in [1.165, 1.54) is 45.5 Å². The van der Waals surface area contributed by atoms with Gasteiger partial charge in [-0.25, -0.2) is 14.4 Å². The van der Waals surface area contributed by atoms with E-state index in [4.69, 9.17) is 9.97 Å². The van der Waals surface area contributed by atoms with E-state index in [0.717, 1.165) is 60.9 Å². The molecule has 0 bridgehead atoms. The molecule has 0 amide bonds. The number of hydrogen-bond acceptors (Lipinski definition) is 3. The van der Waals surface area contributed by atoms with Gasteiger partial charge in [0.25, 0.3) is 0 Å². The SMILES string of the molecule is Fc1ccc(N(c2cnc(-c3ccc4c(c3)c3ccccc3n4-c3ccc4c(c3)C(c3ccccc3)(c3ccccc3)c3ccccc3-4)nc2)c2ccc3ccccc3c2)cc1. The number of hydrogen-bond donors (Lipinski definition) is 0. The average Bonchev–Trinajstić information content (AvgIpc) is 3.83. The van der Waals surface area contributed by atoms with Gasteiger partial charge in [0, 0.05) is 33.4 Å². The minimum atomic E-state index is -0.500. The summed E-state index contributed by atoms with van der Waals surface area (Å²) in [5.41, 5.74) is 13.8. The van der Waals surface area contributed by atoms with Crippen LogP contribution in [0, 0.1) is 5.82 Å². The fourth-order valence-electron chi connectivity index (χ4n) is 9.90. The van der Waals surface area contributed by atoms with Crippen LogP contribution in [0.3, 0.4) is 0 Å². The van der Waals surface area contributed by atoms with Crippen molar-refractivity contribution in [2.24, 2.45) is 0 Å². The number of benzene rings is 9. The quantitative estimate of drug-likeness (QED) is 0.161. The number of aromatic nitrogens is 3. The van der Waals surface area contributed by atoms with E-state index >= 15 is 0 Å². The summed E-state index contributed by atoms with van der Waals surface area (Å²) in [6, 6.07) is 74.0. The van der Waals surface area contributed by atoms with E-state index < -0.39 is 5.41 Å². The third-order valence-electron chi connectivity index (χ3n) is 12.6. The molecule has 2 aromatic heterocycles. The summed E-state index contributed by atoms with van der Waals surface area (Å²) in [6.45, 7) is 0. The van der Waals surface area contributed by atoms with Crippen LogP contribution in [0.2, 0.25) is 0 Å². The lowest BCUT2D eigenvalue weighted by Crippen LogP contribution is -2.28. The molecule has 0 saturated heterocycles. The molecule has 0 spiro atoms. The fraction of sp³-hybridized carbons (Fsp3) is 0.0175. The van der Waals surface area contributed by atoms with Crippen LogP contribution in [0.4, 0.5) is 21.5 Å². The molecule has 0 atom stereocenters. The molecule has 4 nitrogen and oxygen atoms in total. The van der Waals surface area contributed by atoms with Crippen LogP contribution in [0.5, 0.6) is 0 Å². The van der Waals surface area contributed by atoms with Gasteiger partial charge in [0.15, 0.2) is 5.82 Å². The highest BCUT2D eigenvalue weighted by Gasteiger charge is 2.46. The van der Waals surface area contributed by atoms with Gasteiger partial charge in [-0.3, -0.25) is 0 Å². The topological polar surface area (TPSA) is 34.0 Å². The molecule has 1 aliphatic carbocycles. The normalized spacial score (nSPS) is 12.7. The highest BCUT2D eigenvalue weighted by Crippen LogP contribution is 2.56. The van der Waals surface area contributed by atoms with Gasteiger partial charge < -0.3 is 9.47 Å². The molecular weight excluding hydrogens is 760 g/mol. The Bertz CT molecular complexity index is 3430. The van der Waals surface area contributed by atoms with Gasteiger partial charge in [0.05, 0.1) is 34.5 Å². The molecule has 11 aromatic rings. The van der Waals surface area contributed by atoms with Crippen molar-refractivity contribution in [1.82, 2.24) is 14.5 Å². The van der Waals surface area contributed by atoms with Gasteiger partial charge in [-0.05, 0) is 117 Å². The van der Waals surface area contributed by atoms with E-state index in [1.54, 1.807) is 12.1 Å². The Labute approximate surface area is 358 Å². The van der Waals surface area contributed by atoms with E-state index in [1.807, 2.05) is 24.5 Å². The monoisotopic (exact) mass is 796 g/mol. The van der Waals surface area contributed by atoms with Crippen molar-refractivity contribution in [3.63, 3.8) is 0 Å². The molecule has 0 fully saturated rings. The maximum absolute atomic E-state index is 14.1. The average molecular weight is 797 g/mol. The highest BCUT2D eigenvalue weighted by atomic mass is 19.1. The Kier molecular flexibility index (Phi) is 8.22. The van der Waals surface area contributed by atoms with Gasteiger partial charge in [-0.15, -0.1) is 0 Å². The number of anilines is 3. The van der Waals surface area contributed by atoms with Crippen molar-refractivity contribution in [1.29, 1.82) is 0 Å². The number of nitrogens with zero attached hydrogens (tertiary/aromatic N) is 4. The van der Waals surface area contributed by atoms with E-state index in [0.29, 0.717) is 5.82 Å². The molecule has 12 rings (SSSR count). The van der Waals surface area contributed by atoms with Gasteiger partial charge in [0.1, 0.15) is 5.82 Å². The third-order valence-corrected chi connectivity index (χ3v) is 12.6. The summed E-state index contributed by atoms with van der Waals surface area (Å²) in [4.78, 5) is 12.0. The summed E-state index contributed by atoms with van der Waals surface area (Å²) < 4.78 is 16.5. The van der Waals surface area contributed by atoms with E-state index in [-0.39, 0.29) is 5.82 Å². The minimum Gasteiger partial charge on any atom is -0.309 e. The van der Waals surface area contributed by atoms with Crippen molar-refractivity contribution in [3.8, 4) is 28.2 Å². The first-order chi connectivity index (χ1) is 30.6. The lowest BCUT2D eigenvalue weighted by molar-refractivity contribution is 0.628. The molecule has 2 heterocycles. The van der Waals surface area contributed by atoms with Crippen molar-refractivity contribution in [2.45, 2.75) is 5.41 Å². The molecular formula is C57H37FN4. The third kappa shape index (κ3) is 5.52. The lowest BCUT2D eigenvalue weighted by atomic mass is 9.67. The highest BCUT2D eigenvalue weighted by molar-refractivity contribution is 6.10. The second-order valence-electron chi connectivity index (χ2n) is 16.0. The fourth-order valence-corrected chi connectivity index (χ4v) is 9.90. The molecule has 62 heavy (non-hydrogen) atoms. The van der Waals surface area contributed by atoms with E-state index in [9.17, 15) is 4.39 Å². The molecule has 292 valence electrons. The van der Waals surface area contributed by atoms with Crippen LogP contribution >= 0.6 is 0 Å². The smallest absolute Gasteiger partial charge is 0.159 e. The summed E-state index contributed by atoms with van der Waals surface area (Å²) >= 11 is 0. The minimum absolute atomic E-state index is 0.287. The number of halogens is 1. The van der Waals surface area contributed by atoms with Crippen LogP contribution in [0.25, 0.3) is 60.8 Å². The first-order valence-electron chi connectivity index (χ1n) is 20.9. The summed E-state index contributed by atoms with van der Waals surface area (Å²) in [6.07, 6.45) is 3.70. The first-order valence-corrected chi connectivity index (χ1v) is 20.9. The molecule has 5 heteroatoms. The Balaban J connectivity index is 0.984. The zero-order chi connectivity index (χ0) is 41.2. The van der Waals surface area contributed by atoms with Gasteiger partial charge in [-0.1, -0.05) is 140 Å². The van der Waals surface area contributed by atoms with Gasteiger partial charge in [0.2, 0.25) is 0 Å². The molecule has 0 saturated carbocycles. The van der Waals surface area contributed by atoms with Gasteiger partial charge in [-0.2, -0.15) is 0 Å². The Morgan fingerprint density at radius 3 is 1.84 bits per heavy atom. The summed E-state index contributed by atoms with van der Waals surface area (Å²) in [7, 11) is 0. The van der Waals surface area contributed by atoms with Crippen LogP contribution in [-0.2, 0) is 5.41 Å². The molecule has 0 radical (unpaired) electrons. The number of rotatable bonds is 7. The summed E-state index contributed by atoms with van der Waals surface area (Å²) in [5, 5.41) is 4.53. The predicted octanol–water partition coefficient (Wildman–Crippen LogP) is 14.4. The largest absolute Gasteiger partial charge is 0.309 e. The zero-order valence-corrected chi connectivity index (χ0v) is 33.5. The standard InChI is InChI=1S/C57H37FN4/c58-43-25-28-44(29-26-43)61(45-27-23-38-13-7-8-14-39(38)33-45)47-36-59-56(60-37-47)40-24-32-55-51(34-40)50-20-10-12-22-54(50)62(55)46-30-31-49-48-19-9-11-21-52(48)57(53(49)35-46,41-15-3-1-4-16-41)42-17-5-2-6-18-42/h1-37H. The van der Waals surface area contributed by atoms with Gasteiger partial charge >= 0.3 is 0 Å². The molecule has 1 aliphatic rings. The maximum atomic E-state index is 14.1. The van der Waals surface area contributed by atoms with Crippen LogP contribution in [0.15, 0.2) is 225 Å². The van der Waals surface area contributed by atoms with Crippen LogP contribution in [0.1, 0.15) is 22.3 Å². The second-order valence-corrected chi connectivity index (χ2v) is 16.0. The van der Waals surface area contributed by atoms with Crippen molar-refractivity contribution < 1.29 is 4.39 Å². The van der Waals surface area contributed by atoms with Crippen molar-refractivity contribution in [2.75, 3.05) is 4.90 Å².